The van der Waals surface area contributed by atoms with Crippen molar-refractivity contribution in [1.82, 2.24) is 5.32 Å². The second-order valence-electron chi connectivity index (χ2n) is 4.55. The van der Waals surface area contributed by atoms with Gasteiger partial charge in [-0.1, -0.05) is 23.2 Å². The summed E-state index contributed by atoms with van der Waals surface area (Å²) >= 11 is 12.6. The van der Waals surface area contributed by atoms with E-state index in [0.717, 1.165) is 25.0 Å². The van der Waals surface area contributed by atoms with Gasteiger partial charge in [0.15, 0.2) is 0 Å². The lowest BCUT2D eigenvalue weighted by atomic mass is 9.99. The van der Waals surface area contributed by atoms with Crippen LogP contribution in [0.5, 0.6) is 5.75 Å². The van der Waals surface area contributed by atoms with Gasteiger partial charge in [0.25, 0.3) is 0 Å². The van der Waals surface area contributed by atoms with Crippen LogP contribution >= 0.6 is 23.2 Å². The molecule has 1 N–H and O–H groups in total. The minimum Gasteiger partial charge on any atom is -0.492 e. The van der Waals surface area contributed by atoms with Gasteiger partial charge in [-0.25, -0.2) is 0 Å². The SMILES string of the molecule is CCOc1cc(Cl)c(C(NC)C2CCCO2)cc1Cl. The third-order valence-corrected chi connectivity index (χ3v) is 3.96. The van der Waals surface area contributed by atoms with E-state index in [2.05, 4.69) is 5.32 Å². The van der Waals surface area contributed by atoms with Gasteiger partial charge in [0.2, 0.25) is 0 Å². The molecule has 0 amide bonds. The molecule has 1 heterocycles. The Labute approximate surface area is 124 Å². The number of likely N-dealkylation sites (N-methyl/N-ethyl adjacent to an activating group) is 1. The van der Waals surface area contributed by atoms with E-state index in [0.29, 0.717) is 22.4 Å². The Kier molecular flexibility index (Phi) is 5.34. The molecule has 0 radical (unpaired) electrons. The first-order valence-electron chi connectivity index (χ1n) is 6.58. The maximum absolute atomic E-state index is 6.35. The minimum absolute atomic E-state index is 0.0585. The molecule has 1 saturated heterocycles. The number of hydrogen-bond donors (Lipinski definition) is 1. The van der Waals surface area contributed by atoms with Gasteiger partial charge in [-0.05, 0) is 38.4 Å². The third kappa shape index (κ3) is 3.34. The quantitative estimate of drug-likeness (QED) is 0.896. The molecule has 1 aromatic rings. The molecule has 2 rings (SSSR count). The average Bonchev–Trinajstić information content (AvgIpc) is 2.90. The molecule has 0 aliphatic carbocycles. The van der Waals surface area contributed by atoms with Gasteiger partial charge < -0.3 is 14.8 Å². The van der Waals surface area contributed by atoms with Crippen LogP contribution in [0.1, 0.15) is 31.4 Å². The van der Waals surface area contributed by atoms with Gasteiger partial charge in [-0.15, -0.1) is 0 Å². The van der Waals surface area contributed by atoms with Crippen LogP contribution in [0.4, 0.5) is 0 Å². The second kappa shape index (κ2) is 6.80. The highest BCUT2D eigenvalue weighted by molar-refractivity contribution is 6.34. The first-order chi connectivity index (χ1) is 9.17. The average molecular weight is 304 g/mol. The third-order valence-electron chi connectivity index (χ3n) is 3.33. The molecule has 3 nitrogen and oxygen atoms in total. The van der Waals surface area contributed by atoms with Crippen molar-refractivity contribution in [3.05, 3.63) is 27.7 Å². The van der Waals surface area contributed by atoms with Crippen LogP contribution in [0.25, 0.3) is 0 Å². The molecule has 1 aliphatic heterocycles. The van der Waals surface area contributed by atoms with Crippen molar-refractivity contribution in [2.24, 2.45) is 0 Å². The van der Waals surface area contributed by atoms with Crippen molar-refractivity contribution in [3.63, 3.8) is 0 Å². The van der Waals surface area contributed by atoms with Crippen LogP contribution in [0.15, 0.2) is 12.1 Å². The summed E-state index contributed by atoms with van der Waals surface area (Å²) in [6, 6.07) is 3.71. The molecule has 2 unspecified atom stereocenters. The zero-order valence-corrected chi connectivity index (χ0v) is 12.7. The maximum atomic E-state index is 6.35. The summed E-state index contributed by atoms with van der Waals surface area (Å²) in [6.07, 6.45) is 2.27. The summed E-state index contributed by atoms with van der Waals surface area (Å²) in [5.41, 5.74) is 0.963. The molecular formula is C14H19Cl2NO2. The Balaban J connectivity index is 2.29. The highest BCUT2D eigenvalue weighted by Gasteiger charge is 2.28. The van der Waals surface area contributed by atoms with Gasteiger partial charge in [-0.3, -0.25) is 0 Å². The van der Waals surface area contributed by atoms with Gasteiger partial charge in [0.1, 0.15) is 5.75 Å². The number of benzene rings is 1. The first kappa shape index (κ1) is 14.9. The fourth-order valence-electron chi connectivity index (χ4n) is 2.46. The molecule has 19 heavy (non-hydrogen) atoms. The maximum Gasteiger partial charge on any atom is 0.139 e. The van der Waals surface area contributed by atoms with E-state index >= 15 is 0 Å². The summed E-state index contributed by atoms with van der Waals surface area (Å²) in [6.45, 7) is 3.29. The predicted molar refractivity (Wildman–Crippen MR) is 78.4 cm³/mol. The fourth-order valence-corrected chi connectivity index (χ4v) is 2.95. The monoisotopic (exact) mass is 303 g/mol. The molecule has 1 aromatic carbocycles. The Morgan fingerprint density at radius 2 is 2.21 bits per heavy atom. The summed E-state index contributed by atoms with van der Waals surface area (Å²) < 4.78 is 11.2. The van der Waals surface area contributed by atoms with E-state index in [4.69, 9.17) is 32.7 Å². The molecule has 106 valence electrons. The lowest BCUT2D eigenvalue weighted by molar-refractivity contribution is 0.0808. The van der Waals surface area contributed by atoms with E-state index in [1.807, 2.05) is 20.0 Å². The largest absolute Gasteiger partial charge is 0.492 e. The van der Waals surface area contributed by atoms with Crippen LogP contribution < -0.4 is 10.1 Å². The topological polar surface area (TPSA) is 30.5 Å². The van der Waals surface area contributed by atoms with Crippen molar-refractivity contribution in [2.45, 2.75) is 31.9 Å². The Hall–Kier alpha value is -0.480. The van der Waals surface area contributed by atoms with Crippen LogP contribution in [0.2, 0.25) is 10.0 Å². The Bertz CT molecular complexity index is 434. The Morgan fingerprint density at radius 3 is 2.79 bits per heavy atom. The lowest BCUT2D eigenvalue weighted by Crippen LogP contribution is -2.29. The molecule has 1 aliphatic rings. The van der Waals surface area contributed by atoms with E-state index in [1.165, 1.54) is 0 Å². The smallest absolute Gasteiger partial charge is 0.139 e. The minimum atomic E-state index is 0.0585. The van der Waals surface area contributed by atoms with Crippen molar-refractivity contribution >= 4 is 23.2 Å². The number of nitrogens with one attached hydrogen (secondary N) is 1. The van der Waals surface area contributed by atoms with Gasteiger partial charge >= 0.3 is 0 Å². The molecule has 1 fully saturated rings. The van der Waals surface area contributed by atoms with Gasteiger partial charge in [0.05, 0.1) is 23.8 Å². The molecule has 0 spiro atoms. The molecule has 2 atom stereocenters. The van der Waals surface area contributed by atoms with Crippen molar-refractivity contribution in [2.75, 3.05) is 20.3 Å². The summed E-state index contributed by atoms with van der Waals surface area (Å²) in [4.78, 5) is 0. The standard InChI is InChI=1S/C14H19Cl2NO2/c1-3-18-13-8-10(15)9(7-11(13)16)14(17-2)12-5-4-6-19-12/h7-8,12,14,17H,3-6H2,1-2H3. The van der Waals surface area contributed by atoms with Crippen LogP contribution in [-0.2, 0) is 4.74 Å². The molecular weight excluding hydrogens is 285 g/mol. The summed E-state index contributed by atoms with van der Waals surface area (Å²) in [7, 11) is 1.91. The zero-order chi connectivity index (χ0) is 13.8. The van der Waals surface area contributed by atoms with Gasteiger partial charge in [0, 0.05) is 17.7 Å². The van der Waals surface area contributed by atoms with Gasteiger partial charge in [-0.2, -0.15) is 0 Å². The predicted octanol–water partition coefficient (Wildman–Crippen LogP) is 3.83. The number of hydrogen-bond acceptors (Lipinski definition) is 3. The Morgan fingerprint density at radius 1 is 1.42 bits per heavy atom. The molecule has 0 saturated carbocycles. The molecule has 5 heteroatoms. The first-order valence-corrected chi connectivity index (χ1v) is 7.33. The second-order valence-corrected chi connectivity index (χ2v) is 5.37. The normalized spacial score (nSPS) is 20.5. The van der Waals surface area contributed by atoms with Crippen LogP contribution in [-0.4, -0.2) is 26.4 Å². The number of halogens is 2. The number of ether oxygens (including phenoxy) is 2. The lowest BCUT2D eigenvalue weighted by Gasteiger charge is -2.24. The highest BCUT2D eigenvalue weighted by Crippen LogP contribution is 2.37. The highest BCUT2D eigenvalue weighted by atomic mass is 35.5. The van der Waals surface area contributed by atoms with Crippen LogP contribution in [0, 0.1) is 0 Å². The van der Waals surface area contributed by atoms with Crippen molar-refractivity contribution in [3.8, 4) is 5.75 Å². The number of rotatable bonds is 5. The van der Waals surface area contributed by atoms with E-state index in [1.54, 1.807) is 6.07 Å². The molecule has 0 aromatic heterocycles. The van der Waals surface area contributed by atoms with E-state index in [-0.39, 0.29) is 12.1 Å². The van der Waals surface area contributed by atoms with Crippen molar-refractivity contribution in [1.29, 1.82) is 0 Å². The summed E-state index contributed by atoms with van der Waals surface area (Å²) in [5, 5.41) is 4.51. The molecule has 0 bridgehead atoms. The van der Waals surface area contributed by atoms with Crippen LogP contribution in [0.3, 0.4) is 0 Å². The summed E-state index contributed by atoms with van der Waals surface area (Å²) in [5.74, 6) is 0.625. The van der Waals surface area contributed by atoms with E-state index < -0.39 is 0 Å². The van der Waals surface area contributed by atoms with E-state index in [9.17, 15) is 0 Å². The van der Waals surface area contributed by atoms with Crippen molar-refractivity contribution < 1.29 is 9.47 Å². The zero-order valence-electron chi connectivity index (χ0n) is 11.2. The fraction of sp³-hybridized carbons (Fsp3) is 0.571.